The second kappa shape index (κ2) is 9.65. The van der Waals surface area contributed by atoms with E-state index in [9.17, 15) is 0 Å². The summed E-state index contributed by atoms with van der Waals surface area (Å²) < 4.78 is 0. The lowest BCUT2D eigenvalue weighted by molar-refractivity contribution is 0.432. The smallest absolute Gasteiger partial charge is 0.194 e. The first-order chi connectivity index (χ1) is 12.6. The van der Waals surface area contributed by atoms with Gasteiger partial charge in [-0.1, -0.05) is 0 Å². The lowest BCUT2D eigenvalue weighted by Gasteiger charge is -2.29. The zero-order valence-electron chi connectivity index (χ0n) is 18.6. The Morgan fingerprint density at radius 3 is 1.81 bits per heavy atom. The molecule has 2 fully saturated rings. The first-order valence-electron chi connectivity index (χ1n) is 10.8. The van der Waals surface area contributed by atoms with Gasteiger partial charge in [-0.3, -0.25) is 4.99 Å². The van der Waals surface area contributed by atoms with E-state index in [1.54, 1.807) is 0 Å². The number of aliphatic imine (C=N–C) groups is 2. The summed E-state index contributed by atoms with van der Waals surface area (Å²) in [4.78, 5) is 14.6. The SMILES string of the molecule is CC(C)(C)N=C(NCCCN=C(NC(C)(C)C)N1CCCC1)N1CCCC1. The molecule has 6 heteroatoms. The Morgan fingerprint density at radius 2 is 1.33 bits per heavy atom. The van der Waals surface area contributed by atoms with Crippen LogP contribution in [-0.4, -0.2) is 72.1 Å². The van der Waals surface area contributed by atoms with E-state index in [2.05, 4.69) is 62.0 Å². The van der Waals surface area contributed by atoms with Gasteiger partial charge in [0.2, 0.25) is 0 Å². The number of nitrogens with one attached hydrogen (secondary N) is 2. The highest BCUT2D eigenvalue weighted by Crippen LogP contribution is 2.13. The van der Waals surface area contributed by atoms with E-state index in [-0.39, 0.29) is 11.1 Å². The molecule has 0 aliphatic carbocycles. The minimum atomic E-state index is -0.0529. The predicted molar refractivity (Wildman–Crippen MR) is 117 cm³/mol. The molecule has 2 heterocycles. The Balaban J connectivity index is 1.86. The van der Waals surface area contributed by atoms with Crippen molar-refractivity contribution in [2.75, 3.05) is 39.3 Å². The number of guanidine groups is 2. The van der Waals surface area contributed by atoms with Crippen LogP contribution in [0.4, 0.5) is 0 Å². The van der Waals surface area contributed by atoms with Gasteiger partial charge in [-0.2, -0.15) is 0 Å². The predicted octanol–water partition coefficient (Wildman–Crippen LogP) is 3.06. The fourth-order valence-electron chi connectivity index (χ4n) is 3.42. The summed E-state index contributed by atoms with van der Waals surface area (Å²) in [5.41, 5.74) is -0.00934. The van der Waals surface area contributed by atoms with Crippen molar-refractivity contribution in [2.45, 2.75) is 84.7 Å². The molecule has 0 amide bonds. The van der Waals surface area contributed by atoms with Crippen molar-refractivity contribution < 1.29 is 0 Å². The van der Waals surface area contributed by atoms with Crippen LogP contribution in [0.25, 0.3) is 0 Å². The molecule has 0 saturated carbocycles. The lowest BCUT2D eigenvalue weighted by Crippen LogP contribution is -2.48. The Kier molecular flexibility index (Phi) is 7.80. The molecular formula is C21H42N6. The first-order valence-corrected chi connectivity index (χ1v) is 10.8. The highest BCUT2D eigenvalue weighted by molar-refractivity contribution is 5.81. The van der Waals surface area contributed by atoms with E-state index in [0.29, 0.717) is 0 Å². The third-order valence-electron chi connectivity index (χ3n) is 4.62. The maximum absolute atomic E-state index is 4.91. The van der Waals surface area contributed by atoms with Crippen molar-refractivity contribution in [3.63, 3.8) is 0 Å². The van der Waals surface area contributed by atoms with Gasteiger partial charge < -0.3 is 20.4 Å². The molecule has 0 aromatic rings. The van der Waals surface area contributed by atoms with E-state index in [1.165, 1.54) is 25.7 Å². The molecule has 2 aliphatic rings. The van der Waals surface area contributed by atoms with Crippen LogP contribution in [0.1, 0.15) is 73.6 Å². The van der Waals surface area contributed by atoms with E-state index in [0.717, 1.165) is 57.6 Å². The maximum atomic E-state index is 4.91. The van der Waals surface area contributed by atoms with Gasteiger partial charge in [-0.25, -0.2) is 4.99 Å². The zero-order valence-corrected chi connectivity index (χ0v) is 18.6. The summed E-state index contributed by atoms with van der Waals surface area (Å²) in [6.07, 6.45) is 6.10. The third kappa shape index (κ3) is 8.39. The number of likely N-dealkylation sites (tertiary alicyclic amines) is 2. The standard InChI is InChI=1S/C21H42N6/c1-20(2,3)24-18(26-14-7-8-15-26)22-12-11-13-23-19(25-21(4,5)6)27-16-9-10-17-27/h7-17H2,1-6H3,(H,22,24)(H,23,25). The van der Waals surface area contributed by atoms with E-state index in [1.807, 2.05) is 0 Å². The number of hydrogen-bond donors (Lipinski definition) is 2. The fraction of sp³-hybridized carbons (Fsp3) is 0.905. The van der Waals surface area contributed by atoms with Crippen molar-refractivity contribution in [1.29, 1.82) is 0 Å². The number of hydrogen-bond acceptors (Lipinski definition) is 2. The zero-order chi connectivity index (χ0) is 19.9. The fourth-order valence-corrected chi connectivity index (χ4v) is 3.42. The Labute approximate surface area is 166 Å². The number of nitrogens with zero attached hydrogens (tertiary/aromatic N) is 4. The van der Waals surface area contributed by atoms with Crippen LogP contribution in [0, 0.1) is 0 Å². The monoisotopic (exact) mass is 378 g/mol. The molecule has 6 nitrogen and oxygen atoms in total. The summed E-state index contributed by atoms with van der Waals surface area (Å²) in [6, 6.07) is 0. The van der Waals surface area contributed by atoms with Crippen LogP contribution in [0.2, 0.25) is 0 Å². The first kappa shape index (κ1) is 21.8. The molecule has 2 N–H and O–H groups in total. The largest absolute Gasteiger partial charge is 0.356 e. The van der Waals surface area contributed by atoms with Crippen LogP contribution in [-0.2, 0) is 0 Å². The Hall–Kier alpha value is -1.46. The molecule has 0 unspecified atom stereocenters. The minimum absolute atomic E-state index is 0.0436. The second-order valence-electron chi connectivity index (χ2n) is 9.86. The van der Waals surface area contributed by atoms with Gasteiger partial charge in [0.15, 0.2) is 11.9 Å². The topological polar surface area (TPSA) is 55.3 Å². The van der Waals surface area contributed by atoms with E-state index < -0.39 is 0 Å². The molecule has 0 aromatic carbocycles. The molecule has 0 atom stereocenters. The van der Waals surface area contributed by atoms with Crippen LogP contribution in [0.15, 0.2) is 9.98 Å². The van der Waals surface area contributed by atoms with Gasteiger partial charge in [0.05, 0.1) is 5.54 Å². The van der Waals surface area contributed by atoms with Gasteiger partial charge in [0, 0.05) is 44.8 Å². The van der Waals surface area contributed by atoms with Gasteiger partial charge >= 0.3 is 0 Å². The van der Waals surface area contributed by atoms with Gasteiger partial charge in [-0.05, 0) is 73.6 Å². The Morgan fingerprint density at radius 1 is 0.815 bits per heavy atom. The summed E-state index contributed by atoms with van der Waals surface area (Å²) in [6.45, 7) is 19.3. The molecule has 0 spiro atoms. The lowest BCUT2D eigenvalue weighted by atomic mass is 10.1. The molecule has 0 aromatic heterocycles. The van der Waals surface area contributed by atoms with Crippen LogP contribution in [0.3, 0.4) is 0 Å². The van der Waals surface area contributed by atoms with E-state index in [4.69, 9.17) is 9.98 Å². The summed E-state index contributed by atoms with van der Waals surface area (Å²) >= 11 is 0. The molecule has 0 radical (unpaired) electrons. The molecule has 0 bridgehead atoms. The average molecular weight is 379 g/mol. The quantitative estimate of drug-likeness (QED) is 0.448. The summed E-state index contributed by atoms with van der Waals surface area (Å²) in [7, 11) is 0. The summed E-state index contributed by atoms with van der Waals surface area (Å²) in [5.74, 6) is 2.14. The normalized spacial score (nSPS) is 19.8. The molecule has 2 rings (SSSR count). The van der Waals surface area contributed by atoms with Gasteiger partial charge in [-0.15, -0.1) is 0 Å². The van der Waals surface area contributed by atoms with Crippen molar-refractivity contribution in [2.24, 2.45) is 9.98 Å². The van der Waals surface area contributed by atoms with Crippen LogP contribution >= 0.6 is 0 Å². The summed E-state index contributed by atoms with van der Waals surface area (Å²) in [5, 5.41) is 7.18. The third-order valence-corrected chi connectivity index (χ3v) is 4.62. The molecule has 27 heavy (non-hydrogen) atoms. The maximum Gasteiger partial charge on any atom is 0.194 e. The highest BCUT2D eigenvalue weighted by Gasteiger charge is 2.21. The Bertz CT molecular complexity index is 500. The van der Waals surface area contributed by atoms with Crippen molar-refractivity contribution >= 4 is 11.9 Å². The highest BCUT2D eigenvalue weighted by atomic mass is 15.3. The van der Waals surface area contributed by atoms with Crippen molar-refractivity contribution in [3.8, 4) is 0 Å². The minimum Gasteiger partial charge on any atom is -0.356 e. The second-order valence-corrected chi connectivity index (χ2v) is 9.86. The van der Waals surface area contributed by atoms with Crippen molar-refractivity contribution in [1.82, 2.24) is 20.4 Å². The van der Waals surface area contributed by atoms with Gasteiger partial charge in [0.25, 0.3) is 0 Å². The molecule has 2 saturated heterocycles. The van der Waals surface area contributed by atoms with E-state index >= 15 is 0 Å². The average Bonchev–Trinajstić information content (AvgIpc) is 3.23. The van der Waals surface area contributed by atoms with Crippen LogP contribution in [0.5, 0.6) is 0 Å². The number of rotatable bonds is 4. The van der Waals surface area contributed by atoms with Crippen LogP contribution < -0.4 is 10.6 Å². The van der Waals surface area contributed by atoms with Crippen molar-refractivity contribution in [3.05, 3.63) is 0 Å². The van der Waals surface area contributed by atoms with Gasteiger partial charge in [0.1, 0.15) is 0 Å². The molecule has 156 valence electrons. The molecular weight excluding hydrogens is 336 g/mol. The molecule has 2 aliphatic heterocycles.